The van der Waals surface area contributed by atoms with Crippen molar-refractivity contribution in [2.45, 2.75) is 82.7 Å². The minimum Gasteiger partial charge on any atom is -0.479 e. The molecule has 31 heavy (non-hydrogen) atoms. The van der Waals surface area contributed by atoms with E-state index >= 15 is 0 Å². The molecule has 2 rings (SSSR count). The van der Waals surface area contributed by atoms with E-state index in [2.05, 4.69) is 22.2 Å². The third-order valence-corrected chi connectivity index (χ3v) is 6.88. The molecule has 0 aromatic carbocycles. The minimum absolute atomic E-state index is 0.0128. The molecule has 0 radical (unpaired) electrons. The van der Waals surface area contributed by atoms with Gasteiger partial charge < -0.3 is 4.74 Å². The monoisotopic (exact) mass is 454 g/mol. The lowest BCUT2D eigenvalue weighted by molar-refractivity contribution is -0.120. The first-order valence-electron chi connectivity index (χ1n) is 11.1. The van der Waals surface area contributed by atoms with Gasteiger partial charge in [0.25, 0.3) is 0 Å². The number of anilines is 1. The number of aromatic nitrogens is 2. The van der Waals surface area contributed by atoms with Crippen molar-refractivity contribution in [1.29, 1.82) is 0 Å². The van der Waals surface area contributed by atoms with Crippen LogP contribution in [0.5, 0.6) is 5.88 Å². The standard InChI is InChI=1S/C21H34N4O5S/c1-3-4-5-6-7-8-9-10-11-12-15-31(28,29)20-22-16-17(19(24-20)30-2)25-14-13-18(26)23-21(25)27/h16H,3-15H2,1-2H3,(H,23,26,27). The van der Waals surface area contributed by atoms with Crippen LogP contribution in [0.2, 0.25) is 0 Å². The fraction of sp³-hybridized carbons (Fsp3) is 0.714. The molecule has 0 saturated carbocycles. The quantitative estimate of drug-likeness (QED) is 0.337. The fourth-order valence-corrected chi connectivity index (χ4v) is 4.70. The van der Waals surface area contributed by atoms with Gasteiger partial charge in [0.05, 0.1) is 19.1 Å². The van der Waals surface area contributed by atoms with Crippen LogP contribution in [-0.2, 0) is 14.6 Å². The highest BCUT2D eigenvalue weighted by molar-refractivity contribution is 7.91. The molecule has 1 N–H and O–H groups in total. The number of urea groups is 1. The number of unbranched alkanes of at least 4 members (excludes halogenated alkanes) is 9. The number of ether oxygens (including phenoxy) is 1. The number of amides is 3. The molecular weight excluding hydrogens is 420 g/mol. The Hall–Kier alpha value is -2.23. The Morgan fingerprint density at radius 2 is 1.65 bits per heavy atom. The number of carbonyl (C=O) groups excluding carboxylic acids is 2. The van der Waals surface area contributed by atoms with Gasteiger partial charge in [0, 0.05) is 13.0 Å². The van der Waals surface area contributed by atoms with Gasteiger partial charge in [0.15, 0.2) is 0 Å². The zero-order valence-electron chi connectivity index (χ0n) is 18.6. The van der Waals surface area contributed by atoms with Gasteiger partial charge in [-0.25, -0.2) is 18.2 Å². The van der Waals surface area contributed by atoms with Crippen molar-refractivity contribution in [1.82, 2.24) is 15.3 Å². The van der Waals surface area contributed by atoms with Crippen molar-refractivity contribution in [2.24, 2.45) is 0 Å². The van der Waals surface area contributed by atoms with Gasteiger partial charge in [-0.3, -0.25) is 15.0 Å². The van der Waals surface area contributed by atoms with E-state index < -0.39 is 15.9 Å². The highest BCUT2D eigenvalue weighted by Gasteiger charge is 2.29. The number of hydrogen-bond donors (Lipinski definition) is 1. The summed E-state index contributed by atoms with van der Waals surface area (Å²) in [5.41, 5.74) is 0.227. The number of rotatable bonds is 14. The predicted molar refractivity (Wildman–Crippen MR) is 118 cm³/mol. The summed E-state index contributed by atoms with van der Waals surface area (Å²) in [4.78, 5) is 32.6. The van der Waals surface area contributed by atoms with E-state index in [9.17, 15) is 18.0 Å². The number of nitrogens with zero attached hydrogens (tertiary/aromatic N) is 3. The first-order chi connectivity index (χ1) is 14.9. The number of imide groups is 1. The SMILES string of the molecule is CCCCCCCCCCCCS(=O)(=O)c1ncc(N2CCC(=O)NC2=O)c(OC)n1. The Labute approximate surface area is 184 Å². The molecule has 0 aliphatic carbocycles. The average Bonchev–Trinajstić information content (AvgIpc) is 2.74. The normalized spacial score (nSPS) is 14.6. The Kier molecular flexibility index (Phi) is 10.2. The lowest BCUT2D eigenvalue weighted by Crippen LogP contribution is -2.49. The van der Waals surface area contributed by atoms with Crippen LogP contribution in [0.1, 0.15) is 77.6 Å². The maximum absolute atomic E-state index is 12.6. The van der Waals surface area contributed by atoms with Crippen LogP contribution in [-0.4, -0.2) is 49.7 Å². The van der Waals surface area contributed by atoms with Crippen LogP contribution in [0.3, 0.4) is 0 Å². The van der Waals surface area contributed by atoms with Crippen molar-refractivity contribution in [2.75, 3.05) is 24.3 Å². The molecule has 1 aromatic rings. The number of hydrogen-bond acceptors (Lipinski definition) is 7. The first-order valence-corrected chi connectivity index (χ1v) is 12.8. The summed E-state index contributed by atoms with van der Waals surface area (Å²) >= 11 is 0. The van der Waals surface area contributed by atoms with Gasteiger partial charge in [-0.15, -0.1) is 0 Å². The zero-order valence-corrected chi connectivity index (χ0v) is 19.4. The minimum atomic E-state index is -3.65. The molecule has 10 heteroatoms. The van der Waals surface area contributed by atoms with E-state index in [1.807, 2.05) is 0 Å². The van der Waals surface area contributed by atoms with Gasteiger partial charge in [-0.1, -0.05) is 64.7 Å². The van der Waals surface area contributed by atoms with Gasteiger partial charge in [-0.2, -0.15) is 4.98 Å². The predicted octanol–water partition coefficient (Wildman–Crippen LogP) is 3.63. The van der Waals surface area contributed by atoms with Crippen LogP contribution in [0.25, 0.3) is 0 Å². The molecule has 0 atom stereocenters. The van der Waals surface area contributed by atoms with Crippen molar-refractivity contribution >= 4 is 27.5 Å². The highest BCUT2D eigenvalue weighted by atomic mass is 32.2. The van der Waals surface area contributed by atoms with E-state index in [1.54, 1.807) is 0 Å². The fourth-order valence-electron chi connectivity index (χ4n) is 3.49. The summed E-state index contributed by atoms with van der Waals surface area (Å²) in [6.07, 6.45) is 12.5. The zero-order chi connectivity index (χ0) is 22.7. The molecular formula is C21H34N4O5S. The molecule has 1 saturated heterocycles. The second-order valence-electron chi connectivity index (χ2n) is 7.80. The number of carbonyl (C=O) groups is 2. The molecule has 0 unspecified atom stereocenters. The highest BCUT2D eigenvalue weighted by Crippen LogP contribution is 2.28. The van der Waals surface area contributed by atoms with Gasteiger partial charge >= 0.3 is 6.03 Å². The molecule has 0 bridgehead atoms. The van der Waals surface area contributed by atoms with Gasteiger partial charge in [0.1, 0.15) is 5.69 Å². The summed E-state index contributed by atoms with van der Waals surface area (Å²) in [7, 11) is -2.30. The molecule has 1 aromatic heterocycles. The first kappa shape index (κ1) is 25.0. The van der Waals surface area contributed by atoms with Crippen LogP contribution >= 0.6 is 0 Å². The molecule has 1 aliphatic heterocycles. The van der Waals surface area contributed by atoms with E-state index in [1.165, 1.54) is 56.7 Å². The van der Waals surface area contributed by atoms with E-state index in [0.29, 0.717) is 6.42 Å². The van der Waals surface area contributed by atoms with Crippen molar-refractivity contribution in [3.8, 4) is 5.88 Å². The topological polar surface area (TPSA) is 119 Å². The molecule has 1 aliphatic rings. The summed E-state index contributed by atoms with van der Waals surface area (Å²) in [6.45, 7) is 2.36. The smallest absolute Gasteiger partial charge is 0.328 e. The van der Waals surface area contributed by atoms with Gasteiger partial charge in [0.2, 0.25) is 26.8 Å². The van der Waals surface area contributed by atoms with Gasteiger partial charge in [-0.05, 0) is 6.42 Å². The molecule has 3 amide bonds. The van der Waals surface area contributed by atoms with Crippen LogP contribution in [0.15, 0.2) is 11.4 Å². The summed E-state index contributed by atoms with van der Waals surface area (Å²) in [5.74, 6) is -0.400. The third-order valence-electron chi connectivity index (χ3n) is 5.30. The second-order valence-corrected chi connectivity index (χ2v) is 9.81. The van der Waals surface area contributed by atoms with E-state index in [0.717, 1.165) is 19.3 Å². The molecule has 1 fully saturated rings. The number of methoxy groups -OCH3 is 1. The number of sulfone groups is 1. The molecule has 2 heterocycles. The maximum atomic E-state index is 12.6. The Morgan fingerprint density at radius 3 is 2.23 bits per heavy atom. The summed E-state index contributed by atoms with van der Waals surface area (Å²) < 4.78 is 30.4. The number of nitrogens with one attached hydrogen (secondary N) is 1. The average molecular weight is 455 g/mol. The lowest BCUT2D eigenvalue weighted by atomic mass is 10.1. The van der Waals surface area contributed by atoms with Crippen molar-refractivity contribution in [3.63, 3.8) is 0 Å². The van der Waals surface area contributed by atoms with Crippen LogP contribution in [0.4, 0.5) is 10.5 Å². The third kappa shape index (κ3) is 7.75. The van der Waals surface area contributed by atoms with Crippen molar-refractivity contribution < 1.29 is 22.7 Å². The Morgan fingerprint density at radius 1 is 1.03 bits per heavy atom. The lowest BCUT2D eigenvalue weighted by Gasteiger charge is -2.26. The van der Waals surface area contributed by atoms with Crippen LogP contribution in [0, 0.1) is 0 Å². The Bertz CT molecular complexity index is 844. The largest absolute Gasteiger partial charge is 0.479 e. The molecule has 9 nitrogen and oxygen atoms in total. The van der Waals surface area contributed by atoms with Crippen LogP contribution < -0.4 is 15.0 Å². The summed E-state index contributed by atoms with van der Waals surface area (Å²) in [6, 6.07) is -0.612. The molecule has 174 valence electrons. The maximum Gasteiger partial charge on any atom is 0.328 e. The summed E-state index contributed by atoms with van der Waals surface area (Å²) in [5, 5.41) is 1.90. The Balaban J connectivity index is 1.84. The second kappa shape index (κ2) is 12.6. The van der Waals surface area contributed by atoms with E-state index in [-0.39, 0.29) is 41.3 Å². The van der Waals surface area contributed by atoms with Crippen molar-refractivity contribution in [3.05, 3.63) is 6.20 Å². The molecule has 0 spiro atoms. The van der Waals surface area contributed by atoms with E-state index in [4.69, 9.17) is 4.74 Å².